The molecule has 0 amide bonds. The maximum absolute atomic E-state index is 16.3. The van der Waals surface area contributed by atoms with Gasteiger partial charge in [-0.1, -0.05) is 20.8 Å². The smallest absolute Gasteiger partial charge is 0.343 e. The molecule has 0 spiro atoms. The predicted molar refractivity (Wildman–Crippen MR) is 150 cm³/mol. The molecular weight excluding hydrogens is 524 g/mol. The molecule has 1 atom stereocenters. The number of halogens is 2. The van der Waals surface area contributed by atoms with Crippen LogP contribution in [0.1, 0.15) is 86.3 Å². The summed E-state index contributed by atoms with van der Waals surface area (Å²) >= 11 is 1.41. The number of thiophene rings is 1. The van der Waals surface area contributed by atoms with Crippen LogP contribution in [0.3, 0.4) is 0 Å². The van der Waals surface area contributed by atoms with E-state index >= 15 is 8.78 Å². The van der Waals surface area contributed by atoms with Gasteiger partial charge in [0.1, 0.15) is 11.4 Å². The molecule has 2 aromatic heterocycles. The van der Waals surface area contributed by atoms with Crippen LogP contribution >= 0.6 is 11.3 Å². The second-order valence-electron chi connectivity index (χ2n) is 11.9. The van der Waals surface area contributed by atoms with E-state index in [1.165, 1.54) is 17.5 Å². The molecule has 0 radical (unpaired) electrons. The van der Waals surface area contributed by atoms with E-state index in [1.54, 1.807) is 11.5 Å². The van der Waals surface area contributed by atoms with Crippen molar-refractivity contribution in [2.75, 3.05) is 6.61 Å². The van der Waals surface area contributed by atoms with Crippen LogP contribution in [-0.4, -0.2) is 25.5 Å². The number of fused-ring (bicyclic) bond motifs is 2. The van der Waals surface area contributed by atoms with Gasteiger partial charge in [-0.3, -0.25) is 4.79 Å². The number of nitrogens with zero attached hydrogens (tertiary/aromatic N) is 1. The third-order valence-corrected chi connectivity index (χ3v) is 13.9. The first kappa shape index (κ1) is 27.2. The minimum Gasteiger partial charge on any atom is -0.462 e. The molecule has 1 unspecified atom stereocenters. The van der Waals surface area contributed by atoms with Crippen molar-refractivity contribution in [2.24, 2.45) is 0 Å². The third-order valence-electron chi connectivity index (χ3n) is 8.19. The Morgan fingerprint density at radius 1 is 1.18 bits per heavy atom. The van der Waals surface area contributed by atoms with Crippen molar-refractivity contribution in [3.8, 4) is 10.4 Å². The summed E-state index contributed by atoms with van der Waals surface area (Å²) in [5.41, 5.74) is 0.0308. The monoisotopic (exact) mass is 559 g/mol. The first-order valence-corrected chi connectivity index (χ1v) is 17.1. The number of carbonyl (C=O) groups excluding carboxylic acids is 1. The van der Waals surface area contributed by atoms with Gasteiger partial charge in [0.2, 0.25) is 5.43 Å². The average molecular weight is 560 g/mol. The molecule has 5 nitrogen and oxygen atoms in total. The van der Waals surface area contributed by atoms with Crippen LogP contribution in [0.5, 0.6) is 0 Å². The Hall–Kier alpha value is -2.36. The predicted octanol–water partition coefficient (Wildman–Crippen LogP) is 7.92. The average Bonchev–Trinajstić information content (AvgIpc) is 3.58. The summed E-state index contributed by atoms with van der Waals surface area (Å²) in [7, 11) is -2.05. The van der Waals surface area contributed by atoms with Gasteiger partial charge in [-0.25, -0.2) is 13.6 Å². The maximum atomic E-state index is 16.3. The van der Waals surface area contributed by atoms with Crippen LogP contribution in [0.2, 0.25) is 18.1 Å². The Kier molecular flexibility index (Phi) is 6.93. The number of pyridine rings is 1. The van der Waals surface area contributed by atoms with Gasteiger partial charge >= 0.3 is 5.97 Å². The van der Waals surface area contributed by atoms with Crippen LogP contribution in [-0.2, 0) is 15.6 Å². The van der Waals surface area contributed by atoms with Crippen LogP contribution < -0.4 is 5.43 Å². The van der Waals surface area contributed by atoms with E-state index in [2.05, 4.69) is 33.9 Å². The molecule has 0 bridgehead atoms. The zero-order valence-electron chi connectivity index (χ0n) is 22.9. The fourth-order valence-corrected chi connectivity index (χ4v) is 7.56. The maximum Gasteiger partial charge on any atom is 0.343 e. The van der Waals surface area contributed by atoms with Crippen molar-refractivity contribution >= 4 is 36.5 Å². The summed E-state index contributed by atoms with van der Waals surface area (Å²) in [4.78, 5) is 27.2. The molecule has 2 aliphatic carbocycles. The van der Waals surface area contributed by atoms with Crippen LogP contribution in [0.4, 0.5) is 8.78 Å². The van der Waals surface area contributed by atoms with Gasteiger partial charge in [-0.2, -0.15) is 0 Å². The van der Waals surface area contributed by atoms with Crippen molar-refractivity contribution in [1.82, 2.24) is 4.57 Å². The van der Waals surface area contributed by atoms with Gasteiger partial charge in [-0.15, -0.1) is 11.3 Å². The molecule has 3 aromatic rings. The van der Waals surface area contributed by atoms with Gasteiger partial charge in [0.25, 0.3) is 0 Å². The van der Waals surface area contributed by atoms with Crippen LogP contribution in [0.25, 0.3) is 21.3 Å². The Bertz CT molecular complexity index is 1480. The standard InChI is InChI=1S/C29H35F2NO4SSi/c1-7-35-28(34)19-15-32(16-11-12-16)26-18(27(19)33)13-20(30)24(25(26)31)23-14-17-21(9-8-10-22(17)37-23)36-38(5,6)29(2,3)4/h13-16,21H,7-12H2,1-6H3. The van der Waals surface area contributed by atoms with Gasteiger partial charge in [0.05, 0.1) is 29.2 Å². The summed E-state index contributed by atoms with van der Waals surface area (Å²) in [6.07, 6.45) is 5.59. The molecule has 1 aromatic carbocycles. The third kappa shape index (κ3) is 4.67. The Morgan fingerprint density at radius 2 is 1.89 bits per heavy atom. The molecule has 9 heteroatoms. The van der Waals surface area contributed by atoms with E-state index in [-0.39, 0.29) is 45.8 Å². The second kappa shape index (κ2) is 9.68. The topological polar surface area (TPSA) is 57.5 Å². The lowest BCUT2D eigenvalue weighted by atomic mass is 9.95. The van der Waals surface area contributed by atoms with Gasteiger partial charge in [-0.05, 0) is 74.9 Å². The molecule has 0 saturated heterocycles. The van der Waals surface area contributed by atoms with Gasteiger partial charge in [0, 0.05) is 22.0 Å². The number of rotatable bonds is 6. The number of benzene rings is 1. The summed E-state index contributed by atoms with van der Waals surface area (Å²) in [6, 6.07) is 2.93. The fourth-order valence-electron chi connectivity index (χ4n) is 4.95. The molecule has 2 aliphatic rings. The molecule has 1 saturated carbocycles. The van der Waals surface area contributed by atoms with Crippen LogP contribution in [0.15, 0.2) is 23.1 Å². The highest BCUT2D eigenvalue weighted by Gasteiger charge is 2.41. The lowest BCUT2D eigenvalue weighted by Crippen LogP contribution is -2.42. The zero-order chi connectivity index (χ0) is 27.6. The summed E-state index contributed by atoms with van der Waals surface area (Å²) in [5.74, 6) is -2.35. The van der Waals surface area contributed by atoms with E-state index < -0.39 is 31.3 Å². The minimum absolute atomic E-state index is 0.0435. The van der Waals surface area contributed by atoms with E-state index in [1.807, 2.05) is 6.07 Å². The lowest BCUT2D eigenvalue weighted by molar-refractivity contribution is 0.0524. The van der Waals surface area contributed by atoms with E-state index in [9.17, 15) is 9.59 Å². The van der Waals surface area contributed by atoms with Crippen LogP contribution in [0, 0.1) is 11.6 Å². The second-order valence-corrected chi connectivity index (χ2v) is 17.8. The molecule has 38 heavy (non-hydrogen) atoms. The van der Waals surface area contributed by atoms with E-state index in [0.717, 1.165) is 48.6 Å². The summed E-state index contributed by atoms with van der Waals surface area (Å²) < 4.78 is 45.3. The number of ether oxygens (including phenoxy) is 1. The number of hydrogen-bond donors (Lipinski definition) is 0. The van der Waals surface area contributed by atoms with Gasteiger partial charge in [0.15, 0.2) is 14.1 Å². The normalized spacial score (nSPS) is 18.1. The number of carbonyl (C=O) groups is 1. The minimum atomic E-state index is -2.05. The highest BCUT2D eigenvalue weighted by molar-refractivity contribution is 7.15. The molecular formula is C29H35F2NO4SSi. The molecule has 0 aliphatic heterocycles. The first-order chi connectivity index (χ1) is 17.8. The van der Waals surface area contributed by atoms with Crippen molar-refractivity contribution in [3.63, 3.8) is 0 Å². The largest absolute Gasteiger partial charge is 0.462 e. The van der Waals surface area contributed by atoms with Crippen molar-refractivity contribution in [2.45, 2.75) is 90.1 Å². The van der Waals surface area contributed by atoms with E-state index in [4.69, 9.17) is 9.16 Å². The molecule has 204 valence electrons. The summed E-state index contributed by atoms with van der Waals surface area (Å²) in [5, 5.41) is -0.0869. The quantitative estimate of drug-likeness (QED) is 0.227. The highest BCUT2D eigenvalue weighted by atomic mass is 32.1. The number of esters is 1. The number of aromatic nitrogens is 1. The van der Waals surface area contributed by atoms with Gasteiger partial charge < -0.3 is 13.7 Å². The number of hydrogen-bond acceptors (Lipinski definition) is 5. The Labute approximate surface area is 226 Å². The first-order valence-electron chi connectivity index (χ1n) is 13.4. The van der Waals surface area contributed by atoms with Crippen molar-refractivity contribution in [3.05, 3.63) is 56.2 Å². The molecule has 1 fully saturated rings. The molecule has 2 heterocycles. The van der Waals surface area contributed by atoms with E-state index in [0.29, 0.717) is 4.88 Å². The SMILES string of the molecule is CCOC(=O)c1cn(C2CC2)c2c(F)c(-c3cc4c(s3)CCCC4O[Si](C)(C)C(C)(C)C)c(F)cc2c1=O. The Balaban J connectivity index is 1.64. The summed E-state index contributed by atoms with van der Waals surface area (Å²) in [6.45, 7) is 12.8. The van der Waals surface area contributed by atoms with Crippen molar-refractivity contribution < 1.29 is 22.7 Å². The number of aryl methyl sites for hydroxylation is 1. The lowest BCUT2D eigenvalue weighted by Gasteiger charge is -2.40. The Morgan fingerprint density at radius 3 is 2.53 bits per heavy atom. The zero-order valence-corrected chi connectivity index (χ0v) is 24.7. The molecule has 0 N–H and O–H groups in total. The fraction of sp³-hybridized carbons (Fsp3) is 0.517. The van der Waals surface area contributed by atoms with Crippen molar-refractivity contribution in [1.29, 1.82) is 0 Å². The highest BCUT2D eigenvalue weighted by Crippen LogP contribution is 2.47. The molecule has 5 rings (SSSR count).